The summed E-state index contributed by atoms with van der Waals surface area (Å²) in [6.45, 7) is 1.07. The largest absolute Gasteiger partial charge is 0.450 e. The Morgan fingerprint density at radius 2 is 2.08 bits per heavy atom. The third kappa shape index (κ3) is 3.57. The van der Waals surface area contributed by atoms with Crippen LogP contribution >= 0.6 is 0 Å². The van der Waals surface area contributed by atoms with E-state index in [0.717, 1.165) is 12.1 Å². The number of fused-ring (bicyclic) bond motifs is 1. The van der Waals surface area contributed by atoms with Crippen LogP contribution in [0.4, 0.5) is 14.5 Å². The number of rotatable bonds is 4. The van der Waals surface area contributed by atoms with Crippen LogP contribution in [0.2, 0.25) is 0 Å². The number of aryl methyl sites for hydroxylation is 1. The van der Waals surface area contributed by atoms with Gasteiger partial charge in [0.05, 0.1) is 5.69 Å². The van der Waals surface area contributed by atoms with Crippen molar-refractivity contribution in [3.8, 4) is 0 Å². The molecule has 8 nitrogen and oxygen atoms in total. The Morgan fingerprint density at radius 3 is 2.80 bits per heavy atom. The average Bonchev–Trinajstić information content (AvgIpc) is 3.01. The molecule has 0 saturated heterocycles. The number of carbonyl (C=O) groups is 2. The summed E-state index contributed by atoms with van der Waals surface area (Å²) in [6, 6.07) is 4.35. The van der Waals surface area contributed by atoms with Crippen molar-refractivity contribution in [3.05, 3.63) is 53.6 Å². The summed E-state index contributed by atoms with van der Waals surface area (Å²) in [5.74, 6) is -3.49. The van der Waals surface area contributed by atoms with Crippen LogP contribution in [0, 0.1) is 18.6 Å². The minimum absolute atomic E-state index is 0.213. The molecule has 2 heterocycles. The first kappa shape index (κ1) is 16.4. The molecular weight excluding hydrogens is 336 g/mol. The maximum absolute atomic E-state index is 13.4. The predicted octanol–water partition coefficient (Wildman–Crippen LogP) is 1.51. The van der Waals surface area contributed by atoms with Crippen molar-refractivity contribution in [1.29, 1.82) is 0 Å². The zero-order valence-corrected chi connectivity index (χ0v) is 12.9. The van der Waals surface area contributed by atoms with Gasteiger partial charge >= 0.3 is 5.97 Å². The predicted molar refractivity (Wildman–Crippen MR) is 80.8 cm³/mol. The van der Waals surface area contributed by atoms with Crippen molar-refractivity contribution in [2.24, 2.45) is 0 Å². The highest BCUT2D eigenvalue weighted by molar-refractivity contribution is 5.94. The van der Waals surface area contributed by atoms with E-state index in [2.05, 4.69) is 20.4 Å². The fourth-order valence-electron chi connectivity index (χ4n) is 1.97. The second-order valence-electron chi connectivity index (χ2n) is 4.98. The van der Waals surface area contributed by atoms with Gasteiger partial charge in [0.15, 0.2) is 6.61 Å². The first-order valence-corrected chi connectivity index (χ1v) is 7.04. The number of carbonyl (C=O) groups excluding carboxylic acids is 2. The number of esters is 1. The van der Waals surface area contributed by atoms with Crippen LogP contribution in [-0.4, -0.2) is 38.1 Å². The molecule has 0 aliphatic rings. The number of nitrogens with zero attached hydrogens (tertiary/aromatic N) is 4. The molecule has 0 unspecified atom stereocenters. The summed E-state index contributed by atoms with van der Waals surface area (Å²) in [5, 5.41) is 6.10. The Balaban J connectivity index is 1.63. The highest BCUT2D eigenvalue weighted by Gasteiger charge is 2.17. The van der Waals surface area contributed by atoms with Crippen molar-refractivity contribution in [3.63, 3.8) is 0 Å². The van der Waals surface area contributed by atoms with Gasteiger partial charge in [0, 0.05) is 18.0 Å². The van der Waals surface area contributed by atoms with Crippen LogP contribution < -0.4 is 5.32 Å². The molecule has 0 spiro atoms. The Labute approximate surface area is 139 Å². The Morgan fingerprint density at radius 1 is 1.28 bits per heavy atom. The first-order valence-electron chi connectivity index (χ1n) is 7.04. The van der Waals surface area contributed by atoms with Gasteiger partial charge in [0.1, 0.15) is 11.6 Å². The van der Waals surface area contributed by atoms with Crippen molar-refractivity contribution < 1.29 is 23.1 Å². The number of amides is 1. The zero-order valence-electron chi connectivity index (χ0n) is 12.9. The van der Waals surface area contributed by atoms with E-state index in [1.807, 2.05) is 0 Å². The molecule has 0 saturated carbocycles. The third-order valence-electron chi connectivity index (χ3n) is 3.15. The minimum atomic E-state index is -0.941. The van der Waals surface area contributed by atoms with Crippen LogP contribution in [-0.2, 0) is 9.53 Å². The van der Waals surface area contributed by atoms with E-state index in [-0.39, 0.29) is 17.3 Å². The van der Waals surface area contributed by atoms with Crippen LogP contribution in [0.3, 0.4) is 0 Å². The third-order valence-corrected chi connectivity index (χ3v) is 3.15. The maximum Gasteiger partial charge on any atom is 0.378 e. The number of halogens is 2. The van der Waals surface area contributed by atoms with Crippen molar-refractivity contribution in [2.45, 2.75) is 6.92 Å². The van der Waals surface area contributed by atoms with Crippen LogP contribution in [0.25, 0.3) is 5.78 Å². The molecule has 0 aliphatic heterocycles. The molecule has 0 radical (unpaired) electrons. The second-order valence-corrected chi connectivity index (χ2v) is 4.98. The van der Waals surface area contributed by atoms with Gasteiger partial charge in [-0.25, -0.2) is 23.1 Å². The van der Waals surface area contributed by atoms with Crippen LogP contribution in [0.15, 0.2) is 30.5 Å². The number of aromatic nitrogens is 4. The molecule has 2 aromatic heterocycles. The molecule has 0 bridgehead atoms. The second kappa shape index (κ2) is 6.59. The molecule has 128 valence electrons. The van der Waals surface area contributed by atoms with E-state index in [1.165, 1.54) is 10.7 Å². The van der Waals surface area contributed by atoms with Gasteiger partial charge in [-0.15, -0.1) is 5.10 Å². The lowest BCUT2D eigenvalue weighted by Gasteiger charge is -2.06. The molecular formula is C15H11F2N5O3. The molecule has 1 N–H and O–H groups in total. The van der Waals surface area contributed by atoms with Gasteiger partial charge < -0.3 is 10.1 Å². The maximum atomic E-state index is 13.4. The van der Waals surface area contributed by atoms with Gasteiger partial charge in [0.25, 0.3) is 17.5 Å². The SMILES string of the molecule is Cc1ccnc2nc(C(=O)OCC(=O)Nc3ccc(F)cc3F)nn12. The Kier molecular flexibility index (Phi) is 4.33. The molecule has 1 amide bonds. The number of hydrogen-bond acceptors (Lipinski definition) is 6. The zero-order chi connectivity index (χ0) is 18.0. The lowest BCUT2D eigenvalue weighted by molar-refractivity contribution is -0.119. The summed E-state index contributed by atoms with van der Waals surface area (Å²) in [5.41, 5.74) is 0.481. The number of benzene rings is 1. The van der Waals surface area contributed by atoms with Gasteiger partial charge in [-0.2, -0.15) is 4.98 Å². The summed E-state index contributed by atoms with van der Waals surface area (Å²) < 4.78 is 32.4. The summed E-state index contributed by atoms with van der Waals surface area (Å²) >= 11 is 0. The van der Waals surface area contributed by atoms with Crippen LogP contribution in [0.5, 0.6) is 0 Å². The Hall–Kier alpha value is -3.43. The average molecular weight is 347 g/mol. The fourth-order valence-corrected chi connectivity index (χ4v) is 1.97. The Bertz CT molecular complexity index is 973. The van der Waals surface area contributed by atoms with Crippen LogP contribution in [0.1, 0.15) is 16.3 Å². The fraction of sp³-hybridized carbons (Fsp3) is 0.133. The van der Waals surface area contributed by atoms with E-state index in [9.17, 15) is 18.4 Å². The summed E-state index contributed by atoms with van der Waals surface area (Å²) in [6.07, 6.45) is 1.51. The molecule has 0 fully saturated rings. The van der Waals surface area contributed by atoms with E-state index in [1.54, 1.807) is 13.0 Å². The van der Waals surface area contributed by atoms with Gasteiger partial charge in [-0.1, -0.05) is 0 Å². The van der Waals surface area contributed by atoms with Gasteiger partial charge in [0.2, 0.25) is 0 Å². The normalized spacial score (nSPS) is 10.7. The number of ether oxygens (including phenoxy) is 1. The molecule has 0 atom stereocenters. The van der Waals surface area contributed by atoms with Gasteiger partial charge in [-0.05, 0) is 25.1 Å². The smallest absolute Gasteiger partial charge is 0.378 e. The molecule has 1 aromatic carbocycles. The lowest BCUT2D eigenvalue weighted by atomic mass is 10.3. The monoisotopic (exact) mass is 347 g/mol. The lowest BCUT2D eigenvalue weighted by Crippen LogP contribution is -2.22. The van der Waals surface area contributed by atoms with Crippen molar-refractivity contribution in [1.82, 2.24) is 19.6 Å². The molecule has 3 rings (SSSR count). The molecule has 0 aliphatic carbocycles. The standard InChI is InChI=1S/C15H11F2N5O3/c1-8-4-5-18-15-20-13(21-22(8)15)14(24)25-7-12(23)19-11-3-2-9(16)6-10(11)17/h2-6H,7H2,1H3,(H,19,23). The summed E-state index contributed by atoms with van der Waals surface area (Å²) in [7, 11) is 0. The van der Waals surface area contributed by atoms with E-state index in [4.69, 9.17) is 4.74 Å². The first-order chi connectivity index (χ1) is 11.9. The number of hydrogen-bond donors (Lipinski definition) is 1. The molecule has 25 heavy (non-hydrogen) atoms. The number of anilines is 1. The molecule has 10 heteroatoms. The highest BCUT2D eigenvalue weighted by atomic mass is 19.1. The van der Waals surface area contributed by atoms with Crippen molar-refractivity contribution in [2.75, 3.05) is 11.9 Å². The topological polar surface area (TPSA) is 98.5 Å². The van der Waals surface area contributed by atoms with Crippen molar-refractivity contribution >= 4 is 23.3 Å². The number of nitrogens with one attached hydrogen (secondary N) is 1. The van der Waals surface area contributed by atoms with E-state index < -0.39 is 30.1 Å². The quantitative estimate of drug-likeness (QED) is 0.718. The summed E-state index contributed by atoms with van der Waals surface area (Å²) in [4.78, 5) is 31.4. The molecule has 3 aromatic rings. The highest BCUT2D eigenvalue weighted by Crippen LogP contribution is 2.14. The van der Waals surface area contributed by atoms with E-state index >= 15 is 0 Å². The van der Waals surface area contributed by atoms with E-state index in [0.29, 0.717) is 11.8 Å². The van der Waals surface area contributed by atoms with Gasteiger partial charge in [-0.3, -0.25) is 4.79 Å². The minimum Gasteiger partial charge on any atom is -0.450 e.